The van der Waals surface area contributed by atoms with Gasteiger partial charge < -0.3 is 14.7 Å². The summed E-state index contributed by atoms with van der Waals surface area (Å²) in [4.78, 5) is 0. The quantitative estimate of drug-likeness (QED) is 0.148. The van der Waals surface area contributed by atoms with E-state index in [2.05, 4.69) is 0 Å². The van der Waals surface area contributed by atoms with Crippen LogP contribution in [0, 0.1) is 0 Å². The zero-order chi connectivity index (χ0) is 31.0. The molecule has 0 rings (SSSR count). The first-order chi connectivity index (χ1) is 16.4. The second-order valence-electron chi connectivity index (χ2n) is 8.65. The van der Waals surface area contributed by atoms with Crippen LogP contribution in [0.3, 0.4) is 0 Å². The maximum Gasteiger partial charge on any atom is 0.460 e. The van der Waals surface area contributed by atoms with Crippen LogP contribution in [0.5, 0.6) is 0 Å². The van der Waals surface area contributed by atoms with Gasteiger partial charge in [0, 0.05) is 19.4 Å². The van der Waals surface area contributed by atoms with Crippen molar-refractivity contribution >= 4 is 10.0 Å². The summed E-state index contributed by atoms with van der Waals surface area (Å²) in [6.07, 6.45) is -9.55. The fourth-order valence-electron chi connectivity index (χ4n) is 2.63. The fraction of sp³-hybridized carbons (Fsp3) is 1.00. The molecule has 0 heterocycles. The molecule has 0 fully saturated rings. The van der Waals surface area contributed by atoms with Crippen LogP contribution >= 0.6 is 0 Å². The van der Waals surface area contributed by atoms with Crippen molar-refractivity contribution < 1.29 is 89.0 Å². The van der Waals surface area contributed by atoms with Crippen LogP contribution in [0.15, 0.2) is 0 Å². The molecule has 22 heteroatoms. The van der Waals surface area contributed by atoms with Crippen molar-refractivity contribution in [2.24, 2.45) is 0 Å². The van der Waals surface area contributed by atoms with E-state index >= 15 is 0 Å². The Balaban J connectivity index is 5.96. The average molecular weight is 623 g/mol. The standard InChI is InChI=1S/C16H22F15N2O4S/c1-33(2,7-4-9(35)8-34)6-3-5-32-38(36,37)16(30,31)14(25,26)12(21,22)10(17,18)11(19,20)13(23,24)15(27,28)29/h9,32,34-35H,3-8H2,1-2H3/q+1. The Morgan fingerprint density at radius 2 is 1.11 bits per heavy atom. The van der Waals surface area contributed by atoms with E-state index in [1.54, 1.807) is 0 Å². The molecule has 38 heavy (non-hydrogen) atoms. The Labute approximate surface area is 205 Å². The summed E-state index contributed by atoms with van der Waals surface area (Å²) in [5, 5.41) is 10.5. The molecule has 0 aliphatic carbocycles. The maximum atomic E-state index is 13.9. The maximum absolute atomic E-state index is 13.9. The number of nitrogens with one attached hydrogen (secondary N) is 1. The van der Waals surface area contributed by atoms with Gasteiger partial charge >= 0.3 is 41.0 Å². The van der Waals surface area contributed by atoms with E-state index < -0.39 is 76.7 Å². The highest BCUT2D eigenvalue weighted by atomic mass is 32.2. The van der Waals surface area contributed by atoms with Crippen LogP contribution in [-0.2, 0) is 10.0 Å². The average Bonchev–Trinajstić information content (AvgIpc) is 2.73. The first-order valence-electron chi connectivity index (χ1n) is 9.85. The number of sulfonamides is 1. The molecule has 0 saturated carbocycles. The molecule has 1 atom stereocenters. The van der Waals surface area contributed by atoms with Crippen molar-refractivity contribution in [2.45, 2.75) is 60.0 Å². The van der Waals surface area contributed by atoms with Gasteiger partial charge in [-0.25, -0.2) is 13.1 Å². The van der Waals surface area contributed by atoms with Crippen molar-refractivity contribution in [3.63, 3.8) is 0 Å². The lowest BCUT2D eigenvalue weighted by Crippen LogP contribution is -2.73. The molecule has 0 spiro atoms. The minimum absolute atomic E-state index is 0.0408. The topological polar surface area (TPSA) is 86.6 Å². The second kappa shape index (κ2) is 11.0. The molecular formula is C16H22F15N2O4S+. The highest BCUT2D eigenvalue weighted by molar-refractivity contribution is 7.90. The van der Waals surface area contributed by atoms with Gasteiger partial charge in [0.2, 0.25) is 0 Å². The fourth-order valence-corrected chi connectivity index (χ4v) is 3.69. The summed E-state index contributed by atoms with van der Waals surface area (Å²) >= 11 is 0. The van der Waals surface area contributed by atoms with E-state index in [0.29, 0.717) is 4.72 Å². The van der Waals surface area contributed by atoms with Crippen molar-refractivity contribution in [3.8, 4) is 0 Å². The molecule has 0 aromatic carbocycles. The van der Waals surface area contributed by atoms with Gasteiger partial charge in [-0.05, 0) is 0 Å². The van der Waals surface area contributed by atoms with Crippen LogP contribution in [0.4, 0.5) is 65.9 Å². The van der Waals surface area contributed by atoms with E-state index in [1.807, 2.05) is 0 Å². The normalized spacial score (nSPS) is 16.6. The van der Waals surface area contributed by atoms with E-state index in [0.717, 1.165) is 0 Å². The summed E-state index contributed by atoms with van der Waals surface area (Å²) < 4.78 is 221. The largest absolute Gasteiger partial charge is 0.460 e. The zero-order valence-electron chi connectivity index (χ0n) is 19.1. The Bertz CT molecular complexity index is 907. The molecule has 0 aliphatic heterocycles. The molecule has 0 bridgehead atoms. The molecule has 1 unspecified atom stereocenters. The van der Waals surface area contributed by atoms with Crippen molar-refractivity contribution in [3.05, 3.63) is 0 Å². The molecule has 0 radical (unpaired) electrons. The molecule has 0 aliphatic rings. The van der Waals surface area contributed by atoms with Crippen molar-refractivity contribution in [1.82, 2.24) is 4.72 Å². The van der Waals surface area contributed by atoms with Crippen LogP contribution in [0.2, 0.25) is 0 Å². The van der Waals surface area contributed by atoms with Crippen LogP contribution in [0.25, 0.3) is 0 Å². The SMILES string of the molecule is C[N+](C)(CCCNS(=O)(=O)C(F)(F)C(F)(F)C(F)(F)C(F)(F)C(F)(F)C(F)(F)C(F)(F)F)CCC(O)CO. The summed E-state index contributed by atoms with van der Waals surface area (Å²) in [5.74, 6) is -41.9. The van der Waals surface area contributed by atoms with E-state index in [-0.39, 0.29) is 24.0 Å². The Kier molecular flexibility index (Phi) is 10.6. The number of alkyl halides is 15. The molecule has 3 N–H and O–H groups in total. The molecule has 0 saturated heterocycles. The molecular weight excluding hydrogens is 601 g/mol. The number of halogens is 15. The predicted octanol–water partition coefficient (Wildman–Crippen LogP) is 3.45. The van der Waals surface area contributed by atoms with Gasteiger partial charge in [-0.15, -0.1) is 0 Å². The molecule has 0 aromatic rings. The summed E-state index contributed by atoms with van der Waals surface area (Å²) in [6, 6.07) is 0. The number of aliphatic hydroxyl groups excluding tert-OH is 2. The minimum atomic E-state index is -8.58. The number of aliphatic hydroxyl groups is 2. The van der Waals surface area contributed by atoms with Gasteiger partial charge in [0.1, 0.15) is 0 Å². The lowest BCUT2D eigenvalue weighted by Gasteiger charge is -2.41. The Morgan fingerprint density at radius 3 is 1.50 bits per heavy atom. The van der Waals surface area contributed by atoms with Crippen molar-refractivity contribution in [1.29, 1.82) is 0 Å². The first kappa shape index (κ1) is 36.7. The smallest absolute Gasteiger partial charge is 0.394 e. The lowest BCUT2D eigenvalue weighted by atomic mass is 9.94. The Morgan fingerprint density at radius 1 is 0.711 bits per heavy atom. The second-order valence-corrected chi connectivity index (χ2v) is 10.5. The summed E-state index contributed by atoms with van der Waals surface area (Å²) in [5.41, 5.74) is 0. The monoisotopic (exact) mass is 623 g/mol. The van der Waals surface area contributed by atoms with Gasteiger partial charge in [-0.2, -0.15) is 65.9 Å². The summed E-state index contributed by atoms with van der Waals surface area (Å²) in [6.45, 7) is -2.09. The van der Waals surface area contributed by atoms with Gasteiger partial charge in [0.15, 0.2) is 0 Å². The number of rotatable bonds is 15. The highest BCUT2D eigenvalue weighted by Crippen LogP contribution is 2.62. The third-order valence-electron chi connectivity index (χ3n) is 5.15. The highest BCUT2D eigenvalue weighted by Gasteiger charge is 2.94. The predicted molar refractivity (Wildman–Crippen MR) is 96.8 cm³/mol. The van der Waals surface area contributed by atoms with Gasteiger partial charge in [-0.1, -0.05) is 0 Å². The molecule has 6 nitrogen and oxygen atoms in total. The number of hydrogen-bond donors (Lipinski definition) is 3. The van der Waals surface area contributed by atoms with E-state index in [9.17, 15) is 79.4 Å². The molecule has 230 valence electrons. The van der Waals surface area contributed by atoms with Gasteiger partial charge in [-0.3, -0.25) is 0 Å². The van der Waals surface area contributed by atoms with Gasteiger partial charge in [0.25, 0.3) is 10.0 Å². The van der Waals surface area contributed by atoms with Crippen LogP contribution in [0.1, 0.15) is 12.8 Å². The van der Waals surface area contributed by atoms with E-state index in [4.69, 9.17) is 5.11 Å². The number of nitrogens with zero attached hydrogens (tertiary/aromatic N) is 1. The third kappa shape index (κ3) is 6.38. The first-order valence-corrected chi connectivity index (χ1v) is 11.3. The van der Waals surface area contributed by atoms with Crippen LogP contribution in [-0.4, -0.2) is 111 Å². The minimum Gasteiger partial charge on any atom is -0.394 e. The van der Waals surface area contributed by atoms with Gasteiger partial charge in [0.05, 0.1) is 39.9 Å². The lowest BCUT2D eigenvalue weighted by molar-refractivity contribution is -0.891. The molecule has 0 aromatic heterocycles. The third-order valence-corrected chi connectivity index (χ3v) is 6.66. The Hall–Kier alpha value is -1.26. The summed E-state index contributed by atoms with van der Waals surface area (Å²) in [7, 11) is -4.39. The van der Waals surface area contributed by atoms with Crippen LogP contribution < -0.4 is 4.72 Å². The van der Waals surface area contributed by atoms with Crippen molar-refractivity contribution in [2.75, 3.05) is 40.3 Å². The number of quaternary nitrogens is 1. The zero-order valence-corrected chi connectivity index (χ0v) is 19.9. The number of hydrogen-bond acceptors (Lipinski definition) is 4. The van der Waals surface area contributed by atoms with E-state index in [1.165, 1.54) is 14.1 Å². The molecule has 0 amide bonds.